The normalized spacial score (nSPS) is 14.8. The Balaban J connectivity index is 1.55. The van der Waals surface area contributed by atoms with E-state index in [2.05, 4.69) is 11.9 Å². The third kappa shape index (κ3) is 6.01. The molecule has 0 amide bonds. The van der Waals surface area contributed by atoms with Gasteiger partial charge in [-0.2, -0.15) is 0 Å². The number of rotatable bonds is 10. The number of aliphatic imine (C=N–C) groups is 1. The SMILES string of the molecule is CCCCCCCCOc1ccc(/C=C2\N=C(c3ccccc3F)OC2=O)cc1. The van der Waals surface area contributed by atoms with E-state index in [0.717, 1.165) is 17.7 Å². The van der Waals surface area contributed by atoms with E-state index in [0.29, 0.717) is 6.61 Å². The summed E-state index contributed by atoms with van der Waals surface area (Å²) in [6.45, 7) is 2.92. The largest absolute Gasteiger partial charge is 0.494 e. The number of cyclic esters (lactones) is 1. The Morgan fingerprint density at radius 3 is 2.48 bits per heavy atom. The molecule has 0 atom stereocenters. The first-order valence-corrected chi connectivity index (χ1v) is 10.2. The number of halogens is 1. The molecule has 2 aromatic carbocycles. The lowest BCUT2D eigenvalue weighted by Crippen LogP contribution is -2.07. The van der Waals surface area contributed by atoms with E-state index in [1.54, 1.807) is 18.2 Å². The van der Waals surface area contributed by atoms with Crippen LogP contribution in [0, 0.1) is 5.82 Å². The molecule has 1 aliphatic rings. The minimum atomic E-state index is -0.591. The van der Waals surface area contributed by atoms with Gasteiger partial charge in [-0.05, 0) is 42.3 Å². The Morgan fingerprint density at radius 2 is 1.72 bits per heavy atom. The maximum atomic E-state index is 13.9. The lowest BCUT2D eigenvalue weighted by atomic mass is 10.1. The van der Waals surface area contributed by atoms with Gasteiger partial charge < -0.3 is 9.47 Å². The van der Waals surface area contributed by atoms with Crippen molar-refractivity contribution >= 4 is 17.9 Å². The highest BCUT2D eigenvalue weighted by Crippen LogP contribution is 2.22. The second-order valence-electron chi connectivity index (χ2n) is 7.00. The molecule has 0 radical (unpaired) electrons. The molecule has 4 nitrogen and oxygen atoms in total. The fourth-order valence-corrected chi connectivity index (χ4v) is 3.05. The van der Waals surface area contributed by atoms with Crippen LogP contribution in [0.5, 0.6) is 5.75 Å². The third-order valence-corrected chi connectivity index (χ3v) is 4.67. The summed E-state index contributed by atoms with van der Waals surface area (Å²) < 4.78 is 24.7. The molecule has 0 aliphatic carbocycles. The van der Waals surface area contributed by atoms with E-state index < -0.39 is 11.8 Å². The van der Waals surface area contributed by atoms with E-state index in [4.69, 9.17) is 9.47 Å². The Hall–Kier alpha value is -2.95. The van der Waals surface area contributed by atoms with Crippen LogP contribution in [0.1, 0.15) is 56.6 Å². The van der Waals surface area contributed by atoms with Crippen LogP contribution in [-0.4, -0.2) is 18.5 Å². The van der Waals surface area contributed by atoms with Gasteiger partial charge in [-0.1, -0.05) is 63.3 Å². The molecule has 0 bridgehead atoms. The van der Waals surface area contributed by atoms with E-state index in [-0.39, 0.29) is 17.2 Å². The lowest BCUT2D eigenvalue weighted by Gasteiger charge is -2.06. The van der Waals surface area contributed by atoms with Crippen LogP contribution in [-0.2, 0) is 9.53 Å². The first-order chi connectivity index (χ1) is 14.2. The zero-order chi connectivity index (χ0) is 20.5. The molecule has 0 spiro atoms. The molecule has 2 aromatic rings. The van der Waals surface area contributed by atoms with Crippen molar-refractivity contribution in [3.63, 3.8) is 0 Å². The van der Waals surface area contributed by atoms with Crippen molar-refractivity contribution in [2.75, 3.05) is 6.61 Å². The zero-order valence-corrected chi connectivity index (χ0v) is 16.7. The fourth-order valence-electron chi connectivity index (χ4n) is 3.05. The average Bonchev–Trinajstić information content (AvgIpc) is 3.09. The van der Waals surface area contributed by atoms with Crippen LogP contribution in [0.15, 0.2) is 59.2 Å². The van der Waals surface area contributed by atoms with Gasteiger partial charge in [0.25, 0.3) is 0 Å². The number of esters is 1. The van der Waals surface area contributed by atoms with Gasteiger partial charge in [0.1, 0.15) is 11.6 Å². The van der Waals surface area contributed by atoms with Crippen molar-refractivity contribution in [1.82, 2.24) is 0 Å². The van der Waals surface area contributed by atoms with Crippen molar-refractivity contribution in [3.05, 3.63) is 71.2 Å². The summed E-state index contributed by atoms with van der Waals surface area (Å²) in [5.41, 5.74) is 1.11. The van der Waals surface area contributed by atoms with Crippen molar-refractivity contribution < 1.29 is 18.7 Å². The van der Waals surface area contributed by atoms with Gasteiger partial charge in [-0.15, -0.1) is 0 Å². The molecule has 0 N–H and O–H groups in total. The Kier molecular flexibility index (Phi) is 7.56. The molecule has 5 heteroatoms. The number of hydrogen-bond donors (Lipinski definition) is 0. The first kappa shape index (κ1) is 20.8. The number of carbonyl (C=O) groups excluding carboxylic acids is 1. The quantitative estimate of drug-likeness (QED) is 0.285. The molecular formula is C24H26FNO3. The zero-order valence-electron chi connectivity index (χ0n) is 16.7. The third-order valence-electron chi connectivity index (χ3n) is 4.67. The summed E-state index contributed by atoms with van der Waals surface area (Å²) in [4.78, 5) is 16.2. The maximum absolute atomic E-state index is 13.9. The van der Waals surface area contributed by atoms with E-state index >= 15 is 0 Å². The summed E-state index contributed by atoms with van der Waals surface area (Å²) in [6, 6.07) is 13.5. The lowest BCUT2D eigenvalue weighted by molar-refractivity contribution is -0.129. The van der Waals surface area contributed by atoms with Crippen molar-refractivity contribution in [1.29, 1.82) is 0 Å². The number of ether oxygens (including phenoxy) is 2. The summed E-state index contributed by atoms with van der Waals surface area (Å²) in [6.07, 6.45) is 8.97. The van der Waals surface area contributed by atoms with E-state index in [1.807, 2.05) is 24.3 Å². The standard InChI is InChI=1S/C24H26FNO3/c1-2-3-4-5-6-9-16-28-19-14-12-18(13-15-19)17-22-24(27)29-23(26-22)20-10-7-8-11-21(20)25/h7-8,10-15,17H,2-6,9,16H2,1H3/b22-17-. The second-order valence-corrected chi connectivity index (χ2v) is 7.00. The van der Waals surface area contributed by atoms with Crippen LogP contribution in [0.3, 0.4) is 0 Å². The van der Waals surface area contributed by atoms with Crippen molar-refractivity contribution in [3.8, 4) is 5.75 Å². The average molecular weight is 395 g/mol. The highest BCUT2D eigenvalue weighted by atomic mass is 19.1. The summed E-state index contributed by atoms with van der Waals surface area (Å²) in [5, 5.41) is 0. The molecule has 1 aliphatic heterocycles. The van der Waals surface area contributed by atoms with Crippen LogP contribution in [0.25, 0.3) is 6.08 Å². The van der Waals surface area contributed by atoms with Gasteiger partial charge in [0, 0.05) is 0 Å². The summed E-state index contributed by atoms with van der Waals surface area (Å²) in [5.74, 6) is -0.290. The fraction of sp³-hybridized carbons (Fsp3) is 0.333. The predicted octanol–water partition coefficient (Wildman–Crippen LogP) is 5.91. The Labute approximate surface area is 171 Å². The van der Waals surface area contributed by atoms with Gasteiger partial charge in [0.2, 0.25) is 5.90 Å². The van der Waals surface area contributed by atoms with Gasteiger partial charge in [0.05, 0.1) is 12.2 Å². The molecule has 0 unspecified atom stereocenters. The van der Waals surface area contributed by atoms with E-state index in [1.165, 1.54) is 44.2 Å². The van der Waals surface area contributed by atoms with Gasteiger partial charge in [-0.25, -0.2) is 14.2 Å². The molecule has 0 fully saturated rings. The molecule has 0 aromatic heterocycles. The number of nitrogens with zero attached hydrogens (tertiary/aromatic N) is 1. The highest BCUT2D eigenvalue weighted by Gasteiger charge is 2.25. The molecule has 1 heterocycles. The monoisotopic (exact) mass is 395 g/mol. The van der Waals surface area contributed by atoms with Crippen LogP contribution >= 0.6 is 0 Å². The Bertz CT molecular complexity index is 887. The Morgan fingerprint density at radius 1 is 1.00 bits per heavy atom. The predicted molar refractivity (Wildman–Crippen MR) is 112 cm³/mol. The van der Waals surface area contributed by atoms with Crippen LogP contribution in [0.4, 0.5) is 4.39 Å². The molecule has 0 saturated carbocycles. The van der Waals surface area contributed by atoms with Crippen molar-refractivity contribution in [2.24, 2.45) is 4.99 Å². The van der Waals surface area contributed by atoms with Crippen LogP contribution in [0.2, 0.25) is 0 Å². The minimum Gasteiger partial charge on any atom is -0.494 e. The van der Waals surface area contributed by atoms with Gasteiger partial charge in [-0.3, -0.25) is 0 Å². The molecule has 0 saturated heterocycles. The summed E-state index contributed by atoms with van der Waals surface area (Å²) in [7, 11) is 0. The maximum Gasteiger partial charge on any atom is 0.363 e. The number of hydrogen-bond acceptors (Lipinski definition) is 4. The summed E-state index contributed by atoms with van der Waals surface area (Å²) >= 11 is 0. The highest BCUT2D eigenvalue weighted by molar-refractivity contribution is 6.12. The number of unbranched alkanes of at least 4 members (excludes halogenated alkanes) is 5. The number of carbonyl (C=O) groups is 1. The number of benzene rings is 2. The van der Waals surface area contributed by atoms with E-state index in [9.17, 15) is 9.18 Å². The first-order valence-electron chi connectivity index (χ1n) is 10.2. The molecule has 29 heavy (non-hydrogen) atoms. The van der Waals surface area contributed by atoms with Gasteiger partial charge in [0.15, 0.2) is 5.70 Å². The van der Waals surface area contributed by atoms with Gasteiger partial charge >= 0.3 is 5.97 Å². The molecule has 152 valence electrons. The second kappa shape index (κ2) is 10.6. The van der Waals surface area contributed by atoms with Crippen molar-refractivity contribution in [2.45, 2.75) is 45.4 Å². The van der Waals surface area contributed by atoms with Crippen LogP contribution < -0.4 is 4.74 Å². The molecular weight excluding hydrogens is 369 g/mol. The minimum absolute atomic E-state index is 0.0155. The smallest absolute Gasteiger partial charge is 0.363 e. The topological polar surface area (TPSA) is 47.9 Å². The molecule has 3 rings (SSSR count).